The highest BCUT2D eigenvalue weighted by atomic mass is 15.3. The number of likely N-dealkylation sites (tertiary alicyclic amines) is 1. The monoisotopic (exact) mass is 231 g/mol. The van der Waals surface area contributed by atoms with Crippen LogP contribution in [0.25, 0.3) is 0 Å². The molecule has 0 radical (unpaired) electrons. The van der Waals surface area contributed by atoms with Crippen molar-refractivity contribution >= 4 is 11.6 Å². The molecule has 3 nitrogen and oxygen atoms in total. The predicted octanol–water partition coefficient (Wildman–Crippen LogP) is 2.61. The Morgan fingerprint density at radius 3 is 2.35 bits per heavy atom. The Morgan fingerprint density at radius 2 is 1.76 bits per heavy atom. The molecule has 92 valence electrons. The van der Waals surface area contributed by atoms with Gasteiger partial charge < -0.3 is 10.6 Å². The van der Waals surface area contributed by atoms with Crippen LogP contribution in [0.2, 0.25) is 0 Å². The first-order chi connectivity index (χ1) is 8.15. The Kier molecular flexibility index (Phi) is 3.67. The molecule has 0 bridgehead atoms. The summed E-state index contributed by atoms with van der Waals surface area (Å²) >= 11 is 0. The summed E-state index contributed by atoms with van der Waals surface area (Å²) in [4.78, 5) is 6.67. The van der Waals surface area contributed by atoms with Gasteiger partial charge in [-0.3, -0.25) is 0 Å². The lowest BCUT2D eigenvalue weighted by molar-refractivity contribution is 0.212. The van der Waals surface area contributed by atoms with Crippen LogP contribution in [0.5, 0.6) is 0 Å². The van der Waals surface area contributed by atoms with Gasteiger partial charge in [0, 0.05) is 13.1 Å². The molecule has 0 spiro atoms. The van der Waals surface area contributed by atoms with Crippen LogP contribution in [-0.4, -0.2) is 23.9 Å². The van der Waals surface area contributed by atoms with Crippen LogP contribution in [0.4, 0.5) is 5.69 Å². The van der Waals surface area contributed by atoms with Crippen molar-refractivity contribution in [2.24, 2.45) is 22.6 Å². The fraction of sp³-hybridized carbons (Fsp3) is 0.500. The average molecular weight is 231 g/mol. The molecule has 0 aliphatic carbocycles. The lowest BCUT2D eigenvalue weighted by Gasteiger charge is -2.35. The number of rotatable bonds is 1. The van der Waals surface area contributed by atoms with Crippen molar-refractivity contribution in [3.63, 3.8) is 0 Å². The van der Waals surface area contributed by atoms with E-state index in [9.17, 15) is 0 Å². The second-order valence-electron chi connectivity index (χ2n) is 5.16. The number of piperidine rings is 1. The van der Waals surface area contributed by atoms with Crippen LogP contribution in [0.3, 0.4) is 0 Å². The minimum atomic E-state index is 0.648. The van der Waals surface area contributed by atoms with E-state index >= 15 is 0 Å². The zero-order valence-electron chi connectivity index (χ0n) is 10.6. The highest BCUT2D eigenvalue weighted by Gasteiger charge is 2.22. The van der Waals surface area contributed by atoms with Gasteiger partial charge in [0.15, 0.2) is 5.96 Å². The molecule has 1 aliphatic rings. The predicted molar refractivity (Wildman–Crippen MR) is 72.2 cm³/mol. The first-order valence-corrected chi connectivity index (χ1v) is 6.29. The smallest absolute Gasteiger partial charge is 0.196 e. The Labute approximate surface area is 103 Å². The van der Waals surface area contributed by atoms with E-state index in [1.807, 2.05) is 30.3 Å². The molecule has 2 atom stereocenters. The minimum absolute atomic E-state index is 0.648. The van der Waals surface area contributed by atoms with Crippen molar-refractivity contribution in [3.05, 3.63) is 30.3 Å². The number of nitrogens with two attached hydrogens (primary N) is 1. The molecule has 3 heteroatoms. The lowest BCUT2D eigenvalue weighted by Crippen LogP contribution is -2.46. The summed E-state index contributed by atoms with van der Waals surface area (Å²) in [7, 11) is 0. The standard InChI is InChI=1S/C14H21N3/c1-11-8-12(2)10-17(9-11)14(15)16-13-6-4-3-5-7-13/h3-7,11-12H,8-10H2,1-2H3,(H2,15,16). The summed E-state index contributed by atoms with van der Waals surface area (Å²) in [6, 6.07) is 9.90. The molecule has 17 heavy (non-hydrogen) atoms. The van der Waals surface area contributed by atoms with E-state index in [1.165, 1.54) is 6.42 Å². The highest BCUT2D eigenvalue weighted by molar-refractivity contribution is 5.81. The van der Waals surface area contributed by atoms with Gasteiger partial charge in [0.25, 0.3) is 0 Å². The molecule has 1 saturated heterocycles. The molecule has 0 saturated carbocycles. The van der Waals surface area contributed by atoms with E-state index in [-0.39, 0.29) is 0 Å². The van der Waals surface area contributed by atoms with Crippen LogP contribution >= 0.6 is 0 Å². The maximum atomic E-state index is 6.08. The first kappa shape index (κ1) is 12.0. The van der Waals surface area contributed by atoms with E-state index < -0.39 is 0 Å². The number of hydrogen-bond donors (Lipinski definition) is 1. The molecular formula is C14H21N3. The van der Waals surface area contributed by atoms with Crippen LogP contribution in [0, 0.1) is 11.8 Å². The third-order valence-electron chi connectivity index (χ3n) is 3.19. The van der Waals surface area contributed by atoms with E-state index in [4.69, 9.17) is 5.73 Å². The quantitative estimate of drug-likeness (QED) is 0.596. The Morgan fingerprint density at radius 1 is 1.18 bits per heavy atom. The molecule has 0 aromatic heterocycles. The molecule has 0 amide bonds. The molecular weight excluding hydrogens is 210 g/mol. The van der Waals surface area contributed by atoms with Gasteiger partial charge >= 0.3 is 0 Å². The van der Waals surface area contributed by atoms with Gasteiger partial charge in [-0.1, -0.05) is 32.0 Å². The van der Waals surface area contributed by atoms with Crippen molar-refractivity contribution < 1.29 is 0 Å². The SMILES string of the molecule is CC1CC(C)CN(C(N)=Nc2ccccc2)C1. The number of nitrogens with zero attached hydrogens (tertiary/aromatic N) is 2. The van der Waals surface area contributed by atoms with Gasteiger partial charge in [-0.25, -0.2) is 4.99 Å². The van der Waals surface area contributed by atoms with Crippen LogP contribution in [-0.2, 0) is 0 Å². The van der Waals surface area contributed by atoms with E-state index in [1.54, 1.807) is 0 Å². The van der Waals surface area contributed by atoms with Crippen LogP contribution < -0.4 is 5.73 Å². The van der Waals surface area contributed by atoms with Gasteiger partial charge in [-0.05, 0) is 30.4 Å². The van der Waals surface area contributed by atoms with Gasteiger partial charge in [0.2, 0.25) is 0 Å². The van der Waals surface area contributed by atoms with Gasteiger partial charge in [0.05, 0.1) is 5.69 Å². The maximum Gasteiger partial charge on any atom is 0.196 e. The molecule has 1 aromatic rings. The largest absolute Gasteiger partial charge is 0.369 e. The highest BCUT2D eigenvalue weighted by Crippen LogP contribution is 2.21. The molecule has 2 N–H and O–H groups in total. The van der Waals surface area contributed by atoms with Gasteiger partial charge in [-0.2, -0.15) is 0 Å². The summed E-state index contributed by atoms with van der Waals surface area (Å²) in [5.74, 6) is 2.04. The number of aliphatic imine (C=N–C) groups is 1. The number of guanidine groups is 1. The van der Waals surface area contributed by atoms with E-state index in [0.717, 1.165) is 18.8 Å². The summed E-state index contributed by atoms with van der Waals surface area (Å²) < 4.78 is 0. The molecule has 2 unspecified atom stereocenters. The van der Waals surface area contributed by atoms with Crippen molar-refractivity contribution in [3.8, 4) is 0 Å². The Bertz CT molecular complexity index is 376. The van der Waals surface area contributed by atoms with E-state index in [2.05, 4.69) is 23.7 Å². The summed E-state index contributed by atoms with van der Waals surface area (Å²) in [5.41, 5.74) is 7.01. The van der Waals surface area contributed by atoms with Crippen molar-refractivity contribution in [2.75, 3.05) is 13.1 Å². The number of hydrogen-bond acceptors (Lipinski definition) is 1. The number of benzene rings is 1. The normalized spacial score (nSPS) is 26.0. The molecule has 2 rings (SSSR count). The summed E-state index contributed by atoms with van der Waals surface area (Å²) in [5, 5.41) is 0. The van der Waals surface area contributed by atoms with Crippen LogP contribution in [0.15, 0.2) is 35.3 Å². The summed E-state index contributed by atoms with van der Waals surface area (Å²) in [6.07, 6.45) is 1.29. The minimum Gasteiger partial charge on any atom is -0.369 e. The Balaban J connectivity index is 2.09. The zero-order valence-corrected chi connectivity index (χ0v) is 10.6. The average Bonchev–Trinajstić information content (AvgIpc) is 2.29. The topological polar surface area (TPSA) is 41.6 Å². The third-order valence-corrected chi connectivity index (χ3v) is 3.19. The molecule has 1 fully saturated rings. The summed E-state index contributed by atoms with van der Waals surface area (Å²) in [6.45, 7) is 6.59. The first-order valence-electron chi connectivity index (χ1n) is 6.29. The van der Waals surface area contributed by atoms with Crippen LogP contribution in [0.1, 0.15) is 20.3 Å². The molecule has 1 aromatic carbocycles. The van der Waals surface area contributed by atoms with Crippen molar-refractivity contribution in [1.29, 1.82) is 0 Å². The number of para-hydroxylation sites is 1. The van der Waals surface area contributed by atoms with E-state index in [0.29, 0.717) is 17.8 Å². The van der Waals surface area contributed by atoms with Gasteiger partial charge in [-0.15, -0.1) is 0 Å². The lowest BCUT2D eigenvalue weighted by atomic mass is 9.92. The van der Waals surface area contributed by atoms with Gasteiger partial charge in [0.1, 0.15) is 0 Å². The second-order valence-corrected chi connectivity index (χ2v) is 5.16. The van der Waals surface area contributed by atoms with Crippen molar-refractivity contribution in [1.82, 2.24) is 4.90 Å². The van der Waals surface area contributed by atoms with Crippen molar-refractivity contribution in [2.45, 2.75) is 20.3 Å². The second kappa shape index (κ2) is 5.21. The third kappa shape index (κ3) is 3.22. The molecule has 1 heterocycles. The fourth-order valence-electron chi connectivity index (χ4n) is 2.56. The zero-order chi connectivity index (χ0) is 12.3. The fourth-order valence-corrected chi connectivity index (χ4v) is 2.56. The maximum absolute atomic E-state index is 6.08. The Hall–Kier alpha value is -1.51. The molecule has 1 aliphatic heterocycles.